The van der Waals surface area contributed by atoms with Gasteiger partial charge in [-0.1, -0.05) is 19.1 Å². The van der Waals surface area contributed by atoms with Gasteiger partial charge in [0.2, 0.25) is 0 Å². The number of carbonyl (C=O) groups is 1. The number of guanidine groups is 1. The summed E-state index contributed by atoms with van der Waals surface area (Å²) < 4.78 is 42.3. The number of hydrogen-bond acceptors (Lipinski definition) is 3. The van der Waals surface area contributed by atoms with Crippen LogP contribution < -0.4 is 5.32 Å². The predicted molar refractivity (Wildman–Crippen MR) is 85.5 cm³/mol. The molecule has 0 fully saturated rings. The molecule has 134 valence electrons. The van der Waals surface area contributed by atoms with E-state index in [0.29, 0.717) is 19.0 Å². The molecule has 8 heteroatoms. The van der Waals surface area contributed by atoms with E-state index >= 15 is 0 Å². The van der Waals surface area contributed by atoms with Gasteiger partial charge in [0.25, 0.3) is 0 Å². The van der Waals surface area contributed by atoms with Crippen LogP contribution in [0.2, 0.25) is 0 Å². The van der Waals surface area contributed by atoms with Crippen molar-refractivity contribution in [2.45, 2.75) is 19.6 Å². The molecule has 0 aliphatic heterocycles. The SMILES string of the molecule is CN=C(NCC(C)C(=O)OC)N(C)Cc1ccc(C(F)(F)F)cc1. The Morgan fingerprint density at radius 2 is 1.92 bits per heavy atom. The summed E-state index contributed by atoms with van der Waals surface area (Å²) in [4.78, 5) is 17.2. The molecule has 1 aromatic rings. The molecular formula is C16H22F3N3O2. The first-order valence-corrected chi connectivity index (χ1v) is 7.34. The number of rotatable bonds is 5. The average molecular weight is 345 g/mol. The second-order valence-corrected chi connectivity index (χ2v) is 5.40. The van der Waals surface area contributed by atoms with Crippen LogP contribution in [0.5, 0.6) is 0 Å². The van der Waals surface area contributed by atoms with Crippen LogP contribution in [0.25, 0.3) is 0 Å². The summed E-state index contributed by atoms with van der Waals surface area (Å²) in [6, 6.07) is 4.98. The molecule has 0 bridgehead atoms. The molecule has 24 heavy (non-hydrogen) atoms. The van der Waals surface area contributed by atoms with Crippen LogP contribution in [0.3, 0.4) is 0 Å². The van der Waals surface area contributed by atoms with E-state index in [-0.39, 0.29) is 11.9 Å². The molecule has 1 N–H and O–H groups in total. The largest absolute Gasteiger partial charge is 0.469 e. The second-order valence-electron chi connectivity index (χ2n) is 5.40. The van der Waals surface area contributed by atoms with Crippen LogP contribution in [-0.4, -0.2) is 44.6 Å². The summed E-state index contributed by atoms with van der Waals surface area (Å²) in [6.07, 6.45) is -4.34. The molecule has 0 heterocycles. The van der Waals surface area contributed by atoms with Crippen LogP contribution in [0.1, 0.15) is 18.1 Å². The Balaban J connectivity index is 2.64. The van der Waals surface area contributed by atoms with Crippen molar-refractivity contribution in [3.05, 3.63) is 35.4 Å². The standard InChI is InChI=1S/C16H22F3N3O2/c1-11(14(23)24-4)9-21-15(20-2)22(3)10-12-5-7-13(8-6-12)16(17,18)19/h5-8,11H,9-10H2,1-4H3,(H,20,21). The maximum absolute atomic E-state index is 12.6. The normalized spacial score (nSPS) is 13.4. The van der Waals surface area contributed by atoms with E-state index in [1.807, 2.05) is 0 Å². The van der Waals surface area contributed by atoms with Gasteiger partial charge in [-0.2, -0.15) is 13.2 Å². The number of nitrogens with one attached hydrogen (secondary N) is 1. The van der Waals surface area contributed by atoms with Crippen LogP contribution in [0.4, 0.5) is 13.2 Å². The third-order valence-corrected chi connectivity index (χ3v) is 3.44. The van der Waals surface area contributed by atoms with Crippen LogP contribution >= 0.6 is 0 Å². The number of hydrogen-bond donors (Lipinski definition) is 1. The summed E-state index contributed by atoms with van der Waals surface area (Å²) in [5.41, 5.74) is 0.0396. The van der Waals surface area contributed by atoms with Gasteiger partial charge in [-0.05, 0) is 17.7 Å². The molecule has 0 radical (unpaired) electrons. The number of ether oxygens (including phenoxy) is 1. The molecule has 0 spiro atoms. The minimum absolute atomic E-state index is 0.330. The van der Waals surface area contributed by atoms with Gasteiger partial charge in [0.1, 0.15) is 0 Å². The number of benzene rings is 1. The highest BCUT2D eigenvalue weighted by atomic mass is 19.4. The molecule has 0 saturated heterocycles. The first-order valence-electron chi connectivity index (χ1n) is 7.34. The van der Waals surface area contributed by atoms with Gasteiger partial charge in [-0.25, -0.2) is 0 Å². The predicted octanol–water partition coefficient (Wildman–Crippen LogP) is 2.52. The Morgan fingerprint density at radius 1 is 1.33 bits per heavy atom. The van der Waals surface area contributed by atoms with Gasteiger partial charge >= 0.3 is 12.1 Å². The number of nitrogens with zero attached hydrogens (tertiary/aromatic N) is 2. The molecule has 0 saturated carbocycles. The Hall–Kier alpha value is -2.25. The number of methoxy groups -OCH3 is 1. The van der Waals surface area contributed by atoms with E-state index < -0.39 is 11.7 Å². The first kappa shape index (κ1) is 19.8. The molecule has 1 atom stereocenters. The summed E-state index contributed by atoms with van der Waals surface area (Å²) >= 11 is 0. The zero-order valence-electron chi connectivity index (χ0n) is 14.1. The molecule has 1 unspecified atom stereocenters. The van der Waals surface area contributed by atoms with Gasteiger partial charge in [-0.15, -0.1) is 0 Å². The minimum Gasteiger partial charge on any atom is -0.469 e. The van der Waals surface area contributed by atoms with Crippen molar-refractivity contribution in [1.82, 2.24) is 10.2 Å². The molecule has 0 aliphatic rings. The van der Waals surface area contributed by atoms with Crippen molar-refractivity contribution in [1.29, 1.82) is 0 Å². The average Bonchev–Trinajstić information content (AvgIpc) is 2.54. The Bertz CT molecular complexity index is 571. The lowest BCUT2D eigenvalue weighted by atomic mass is 10.1. The summed E-state index contributed by atoms with van der Waals surface area (Å²) in [5.74, 6) is -0.139. The fourth-order valence-corrected chi connectivity index (χ4v) is 2.06. The van der Waals surface area contributed by atoms with E-state index in [4.69, 9.17) is 0 Å². The molecule has 1 rings (SSSR count). The maximum atomic E-state index is 12.6. The highest BCUT2D eigenvalue weighted by Gasteiger charge is 2.29. The lowest BCUT2D eigenvalue weighted by Gasteiger charge is -2.23. The number of carbonyl (C=O) groups excluding carboxylic acids is 1. The molecule has 1 aromatic carbocycles. The fourth-order valence-electron chi connectivity index (χ4n) is 2.06. The van der Waals surface area contributed by atoms with Crippen molar-refractivity contribution in [3.8, 4) is 0 Å². The Kier molecular flexibility index (Phi) is 7.06. The third-order valence-electron chi connectivity index (χ3n) is 3.44. The van der Waals surface area contributed by atoms with Gasteiger partial charge < -0.3 is 15.0 Å². The van der Waals surface area contributed by atoms with Gasteiger partial charge in [0.05, 0.1) is 18.6 Å². The van der Waals surface area contributed by atoms with E-state index in [0.717, 1.165) is 17.7 Å². The molecule has 0 aromatic heterocycles. The molecule has 5 nitrogen and oxygen atoms in total. The van der Waals surface area contributed by atoms with Crippen molar-refractivity contribution >= 4 is 11.9 Å². The summed E-state index contributed by atoms with van der Waals surface area (Å²) in [5, 5.41) is 3.04. The Labute approximate surface area is 139 Å². The zero-order chi connectivity index (χ0) is 18.3. The van der Waals surface area contributed by atoms with Gasteiger partial charge in [-0.3, -0.25) is 9.79 Å². The summed E-state index contributed by atoms with van der Waals surface area (Å²) in [6.45, 7) is 2.45. The number of esters is 1. The van der Waals surface area contributed by atoms with Crippen LogP contribution in [0, 0.1) is 5.92 Å². The summed E-state index contributed by atoms with van der Waals surface area (Å²) in [7, 11) is 4.68. The van der Waals surface area contributed by atoms with Crippen molar-refractivity contribution < 1.29 is 22.7 Å². The second kappa shape index (κ2) is 8.56. The van der Waals surface area contributed by atoms with Crippen molar-refractivity contribution in [2.24, 2.45) is 10.9 Å². The fraction of sp³-hybridized carbons (Fsp3) is 0.500. The van der Waals surface area contributed by atoms with E-state index in [2.05, 4.69) is 15.0 Å². The van der Waals surface area contributed by atoms with E-state index in [1.54, 1.807) is 25.9 Å². The topological polar surface area (TPSA) is 53.9 Å². The quantitative estimate of drug-likeness (QED) is 0.506. The third kappa shape index (κ3) is 5.75. The first-order chi connectivity index (χ1) is 11.2. The number of alkyl halides is 3. The van der Waals surface area contributed by atoms with Crippen molar-refractivity contribution in [3.63, 3.8) is 0 Å². The maximum Gasteiger partial charge on any atom is 0.416 e. The molecular weight excluding hydrogens is 323 g/mol. The van der Waals surface area contributed by atoms with Crippen LogP contribution in [-0.2, 0) is 22.3 Å². The van der Waals surface area contributed by atoms with Crippen LogP contribution in [0.15, 0.2) is 29.3 Å². The molecule has 0 aliphatic carbocycles. The van der Waals surface area contributed by atoms with Crippen molar-refractivity contribution in [2.75, 3.05) is 27.7 Å². The van der Waals surface area contributed by atoms with Gasteiger partial charge in [0.15, 0.2) is 5.96 Å². The smallest absolute Gasteiger partial charge is 0.416 e. The zero-order valence-corrected chi connectivity index (χ0v) is 14.1. The minimum atomic E-state index is -4.34. The lowest BCUT2D eigenvalue weighted by molar-refractivity contribution is -0.144. The Morgan fingerprint density at radius 3 is 2.38 bits per heavy atom. The highest BCUT2D eigenvalue weighted by Crippen LogP contribution is 2.29. The van der Waals surface area contributed by atoms with E-state index in [1.165, 1.54) is 19.2 Å². The number of aliphatic imine (C=N–C) groups is 1. The lowest BCUT2D eigenvalue weighted by Crippen LogP contribution is -2.41. The monoisotopic (exact) mass is 345 g/mol. The number of halogens is 3. The van der Waals surface area contributed by atoms with E-state index in [9.17, 15) is 18.0 Å². The highest BCUT2D eigenvalue weighted by molar-refractivity contribution is 5.80. The van der Waals surface area contributed by atoms with Gasteiger partial charge in [0, 0.05) is 27.2 Å². The molecule has 0 amide bonds.